The Morgan fingerprint density at radius 1 is 1.21 bits per heavy atom. The Morgan fingerprint density at radius 3 is 2.59 bits per heavy atom. The summed E-state index contributed by atoms with van der Waals surface area (Å²) in [4.78, 5) is 25.0. The predicted octanol–water partition coefficient (Wildman–Crippen LogP) is 4.09. The third-order valence-corrected chi connectivity index (χ3v) is 4.52. The van der Waals surface area contributed by atoms with Crippen LogP contribution in [0, 0.1) is 5.92 Å². The number of urea groups is 1. The molecule has 1 aromatic carbocycles. The van der Waals surface area contributed by atoms with Crippen molar-refractivity contribution in [2.75, 3.05) is 20.3 Å². The zero-order chi connectivity index (χ0) is 21.4. The zero-order valence-electron chi connectivity index (χ0n) is 18.0. The molecule has 0 spiro atoms. The molecule has 1 aromatic rings. The van der Waals surface area contributed by atoms with E-state index in [9.17, 15) is 9.59 Å². The van der Waals surface area contributed by atoms with Gasteiger partial charge in [0.25, 0.3) is 0 Å². The summed E-state index contributed by atoms with van der Waals surface area (Å²) < 4.78 is 16.6. The van der Waals surface area contributed by atoms with Crippen molar-refractivity contribution in [1.82, 2.24) is 10.6 Å². The topological polar surface area (TPSA) is 85.9 Å². The van der Waals surface area contributed by atoms with Crippen LogP contribution >= 0.6 is 0 Å². The van der Waals surface area contributed by atoms with Crippen LogP contribution in [0.3, 0.4) is 0 Å². The summed E-state index contributed by atoms with van der Waals surface area (Å²) in [6.07, 6.45) is 2.40. The molecular formula is C22H32N2O5. The predicted molar refractivity (Wildman–Crippen MR) is 111 cm³/mol. The van der Waals surface area contributed by atoms with Crippen molar-refractivity contribution in [3.8, 4) is 11.5 Å². The second-order valence-electron chi connectivity index (χ2n) is 7.36. The van der Waals surface area contributed by atoms with E-state index < -0.39 is 12.0 Å². The van der Waals surface area contributed by atoms with Crippen LogP contribution < -0.4 is 20.1 Å². The van der Waals surface area contributed by atoms with E-state index in [1.807, 2.05) is 6.07 Å². The monoisotopic (exact) mass is 404 g/mol. The van der Waals surface area contributed by atoms with Crippen LogP contribution in [0.2, 0.25) is 0 Å². The van der Waals surface area contributed by atoms with Crippen molar-refractivity contribution in [3.63, 3.8) is 0 Å². The summed E-state index contributed by atoms with van der Waals surface area (Å²) in [5.41, 5.74) is 1.77. The number of carbonyl (C=O) groups excluding carboxylic acids is 2. The number of allylic oxidation sites excluding steroid dienone is 1. The number of esters is 1. The number of amides is 2. The van der Waals surface area contributed by atoms with Gasteiger partial charge in [-0.25, -0.2) is 9.59 Å². The summed E-state index contributed by atoms with van der Waals surface area (Å²) in [6, 6.07) is 4.48. The summed E-state index contributed by atoms with van der Waals surface area (Å²) in [7, 11) is 1.57. The highest BCUT2D eigenvalue weighted by molar-refractivity contribution is 5.95. The maximum atomic E-state index is 12.7. The average Bonchev–Trinajstić information content (AvgIpc) is 2.70. The zero-order valence-corrected chi connectivity index (χ0v) is 18.0. The van der Waals surface area contributed by atoms with Gasteiger partial charge in [0.2, 0.25) is 0 Å². The van der Waals surface area contributed by atoms with Gasteiger partial charge < -0.3 is 24.8 Å². The highest BCUT2D eigenvalue weighted by atomic mass is 16.5. The maximum Gasteiger partial charge on any atom is 0.338 e. The lowest BCUT2D eigenvalue weighted by atomic mass is 9.93. The number of nitrogens with one attached hydrogen (secondary N) is 2. The first-order valence-corrected chi connectivity index (χ1v) is 10.2. The van der Waals surface area contributed by atoms with Crippen molar-refractivity contribution < 1.29 is 23.8 Å². The molecule has 0 aromatic heterocycles. The molecule has 7 heteroatoms. The van der Waals surface area contributed by atoms with Gasteiger partial charge in [-0.2, -0.15) is 0 Å². The molecule has 2 N–H and O–H groups in total. The third kappa shape index (κ3) is 5.89. The lowest BCUT2D eigenvalue weighted by Crippen LogP contribution is -2.46. The molecule has 1 aliphatic rings. The fraction of sp³-hybridized carbons (Fsp3) is 0.545. The van der Waals surface area contributed by atoms with Crippen molar-refractivity contribution >= 4 is 12.0 Å². The molecule has 0 radical (unpaired) electrons. The van der Waals surface area contributed by atoms with Gasteiger partial charge in [-0.3, -0.25) is 0 Å². The van der Waals surface area contributed by atoms with E-state index in [4.69, 9.17) is 14.2 Å². The molecule has 0 aliphatic carbocycles. The van der Waals surface area contributed by atoms with Crippen LogP contribution in [0.5, 0.6) is 11.5 Å². The fourth-order valence-corrected chi connectivity index (χ4v) is 3.11. The minimum absolute atomic E-state index is 0.259. The molecule has 160 valence electrons. The number of unbranched alkanes of at least 4 members (excludes halogenated alkanes) is 1. The van der Waals surface area contributed by atoms with Gasteiger partial charge in [-0.05, 0) is 43.4 Å². The maximum absolute atomic E-state index is 12.7. The number of benzene rings is 1. The molecule has 2 rings (SSSR count). The van der Waals surface area contributed by atoms with Crippen LogP contribution in [0.15, 0.2) is 29.5 Å². The highest BCUT2D eigenvalue weighted by Crippen LogP contribution is 2.35. The van der Waals surface area contributed by atoms with Gasteiger partial charge in [0.15, 0.2) is 11.5 Å². The van der Waals surface area contributed by atoms with Crippen molar-refractivity contribution in [2.45, 2.75) is 53.0 Å². The van der Waals surface area contributed by atoms with Gasteiger partial charge in [-0.15, -0.1) is 0 Å². The van der Waals surface area contributed by atoms with Gasteiger partial charge >= 0.3 is 12.0 Å². The van der Waals surface area contributed by atoms with Crippen molar-refractivity contribution in [1.29, 1.82) is 0 Å². The number of hydrogen-bond acceptors (Lipinski definition) is 5. The third-order valence-electron chi connectivity index (χ3n) is 4.52. The second kappa shape index (κ2) is 10.7. The van der Waals surface area contributed by atoms with E-state index in [-0.39, 0.29) is 12.6 Å². The summed E-state index contributed by atoms with van der Waals surface area (Å²) in [5.74, 6) is 1.12. The minimum atomic E-state index is -0.622. The normalized spacial score (nSPS) is 16.3. The summed E-state index contributed by atoms with van der Waals surface area (Å²) in [5, 5.41) is 5.63. The van der Waals surface area contributed by atoms with E-state index in [2.05, 4.69) is 31.4 Å². The van der Waals surface area contributed by atoms with Gasteiger partial charge in [0.05, 0.1) is 31.9 Å². The van der Waals surface area contributed by atoms with Crippen LogP contribution in [-0.4, -0.2) is 32.3 Å². The Balaban J connectivity index is 2.45. The standard InChI is InChI=1S/C22H32N2O5/c1-6-8-9-16-19(21(25)28-7-2)20(24-22(26)23-16)15-10-11-17(18(12-15)27-5)29-13-14(3)4/h10-12,14,20H,6-9,13H2,1-5H3,(H2,23,24,26). The second-order valence-corrected chi connectivity index (χ2v) is 7.36. The Hall–Kier alpha value is -2.70. The Bertz CT molecular complexity index is 758. The first kappa shape index (κ1) is 22.6. The van der Waals surface area contributed by atoms with Crippen molar-refractivity contribution in [3.05, 3.63) is 35.0 Å². The number of rotatable bonds is 10. The number of methoxy groups -OCH3 is 1. The molecule has 0 saturated carbocycles. The minimum Gasteiger partial charge on any atom is -0.493 e. The molecular weight excluding hydrogens is 372 g/mol. The van der Waals surface area contributed by atoms with Crippen molar-refractivity contribution in [2.24, 2.45) is 5.92 Å². The van der Waals surface area contributed by atoms with Crippen LogP contribution in [0.25, 0.3) is 0 Å². The Labute approximate surface area is 172 Å². The molecule has 29 heavy (non-hydrogen) atoms. The first-order valence-electron chi connectivity index (χ1n) is 10.2. The largest absolute Gasteiger partial charge is 0.493 e. The Kier molecular flexibility index (Phi) is 8.36. The average molecular weight is 405 g/mol. The SMILES string of the molecule is CCCCC1=C(C(=O)OCC)C(c2ccc(OCC(C)C)c(OC)c2)NC(=O)N1. The van der Waals surface area contributed by atoms with E-state index in [1.165, 1.54) is 0 Å². The highest BCUT2D eigenvalue weighted by Gasteiger charge is 2.33. The van der Waals surface area contributed by atoms with E-state index >= 15 is 0 Å². The Morgan fingerprint density at radius 2 is 1.97 bits per heavy atom. The van der Waals surface area contributed by atoms with E-state index in [1.54, 1.807) is 26.2 Å². The smallest absolute Gasteiger partial charge is 0.338 e. The molecule has 1 aliphatic heterocycles. The fourth-order valence-electron chi connectivity index (χ4n) is 3.11. The van der Waals surface area contributed by atoms with Crippen LogP contribution in [0.1, 0.15) is 58.6 Å². The number of hydrogen-bond donors (Lipinski definition) is 2. The van der Waals surface area contributed by atoms with Crippen LogP contribution in [0.4, 0.5) is 4.79 Å². The molecule has 2 amide bonds. The quantitative estimate of drug-likeness (QED) is 0.574. The molecule has 7 nitrogen and oxygen atoms in total. The van der Waals surface area contributed by atoms with Gasteiger partial charge in [-0.1, -0.05) is 33.3 Å². The van der Waals surface area contributed by atoms with E-state index in [0.29, 0.717) is 41.7 Å². The molecule has 0 saturated heterocycles. The van der Waals surface area contributed by atoms with Crippen LogP contribution in [-0.2, 0) is 9.53 Å². The summed E-state index contributed by atoms with van der Waals surface area (Å²) >= 11 is 0. The first-order chi connectivity index (χ1) is 13.9. The number of ether oxygens (including phenoxy) is 3. The molecule has 0 bridgehead atoms. The molecule has 0 fully saturated rings. The van der Waals surface area contributed by atoms with E-state index in [0.717, 1.165) is 18.4 Å². The molecule has 1 atom stereocenters. The molecule has 1 heterocycles. The number of carbonyl (C=O) groups is 2. The van der Waals surface area contributed by atoms with Gasteiger partial charge in [0.1, 0.15) is 0 Å². The van der Waals surface area contributed by atoms with Gasteiger partial charge in [0, 0.05) is 5.70 Å². The lowest BCUT2D eigenvalue weighted by Gasteiger charge is -2.30. The summed E-state index contributed by atoms with van der Waals surface area (Å²) in [6.45, 7) is 8.78. The molecule has 1 unspecified atom stereocenters. The lowest BCUT2D eigenvalue weighted by molar-refractivity contribution is -0.139.